The van der Waals surface area contributed by atoms with Gasteiger partial charge in [-0.2, -0.15) is 0 Å². The number of thiophene rings is 1. The van der Waals surface area contributed by atoms with Crippen molar-refractivity contribution >= 4 is 21.4 Å². The van der Waals surface area contributed by atoms with Gasteiger partial charge in [0.2, 0.25) is 0 Å². The highest BCUT2D eigenvalue weighted by Gasteiger charge is 2.18. The number of hydrogen-bond donors (Lipinski definition) is 1. The average molecular weight is 289 g/mol. The molecule has 1 atom stereocenters. The number of nitrogens with two attached hydrogens (primary N) is 1. The van der Waals surface area contributed by atoms with Crippen molar-refractivity contribution in [2.75, 3.05) is 0 Å². The first-order valence-electron chi connectivity index (χ1n) is 6.26. The third-order valence-electron chi connectivity index (χ3n) is 3.36. The molecular weight excluding hydrogens is 276 g/mol. The maximum atomic E-state index is 14.0. The molecule has 0 aliphatic carbocycles. The van der Waals surface area contributed by atoms with Crippen LogP contribution >= 0.6 is 11.3 Å². The molecule has 1 nitrogen and oxygen atoms in total. The van der Waals surface area contributed by atoms with Gasteiger partial charge < -0.3 is 5.73 Å². The van der Waals surface area contributed by atoms with Crippen molar-refractivity contribution in [1.29, 1.82) is 0 Å². The summed E-state index contributed by atoms with van der Waals surface area (Å²) in [5.41, 5.74) is 6.58. The fourth-order valence-corrected chi connectivity index (χ4v) is 3.29. The van der Waals surface area contributed by atoms with E-state index in [-0.39, 0.29) is 11.1 Å². The Morgan fingerprint density at radius 1 is 1.05 bits per heavy atom. The Hall–Kier alpha value is -1.78. The lowest BCUT2D eigenvalue weighted by Gasteiger charge is -2.12. The van der Waals surface area contributed by atoms with Gasteiger partial charge >= 0.3 is 0 Å². The molecule has 2 aromatic carbocycles. The predicted octanol–water partition coefficient (Wildman–Crippen LogP) is 4.54. The van der Waals surface area contributed by atoms with Crippen molar-refractivity contribution in [3.05, 3.63) is 70.1 Å². The van der Waals surface area contributed by atoms with E-state index in [4.69, 9.17) is 5.73 Å². The van der Waals surface area contributed by atoms with E-state index in [2.05, 4.69) is 0 Å². The maximum absolute atomic E-state index is 14.0. The summed E-state index contributed by atoms with van der Waals surface area (Å²) >= 11 is 1.50. The lowest BCUT2D eigenvalue weighted by Crippen LogP contribution is -2.13. The molecule has 4 heteroatoms. The highest BCUT2D eigenvalue weighted by Crippen LogP contribution is 2.33. The van der Waals surface area contributed by atoms with Crippen molar-refractivity contribution in [3.8, 4) is 0 Å². The molecule has 0 aliphatic rings. The van der Waals surface area contributed by atoms with E-state index in [0.717, 1.165) is 15.0 Å². The summed E-state index contributed by atoms with van der Waals surface area (Å²) in [6, 6.07) is 11.5. The van der Waals surface area contributed by atoms with Crippen molar-refractivity contribution < 1.29 is 8.78 Å². The van der Waals surface area contributed by atoms with Gasteiger partial charge in [0.05, 0.1) is 6.04 Å². The molecular formula is C16H13F2NS. The van der Waals surface area contributed by atoms with Crippen molar-refractivity contribution in [1.82, 2.24) is 0 Å². The number of aryl methyl sites for hydroxylation is 1. The van der Waals surface area contributed by atoms with Gasteiger partial charge in [-0.15, -0.1) is 11.3 Å². The topological polar surface area (TPSA) is 26.0 Å². The Labute approximate surface area is 119 Å². The van der Waals surface area contributed by atoms with E-state index in [1.807, 2.05) is 30.3 Å². The van der Waals surface area contributed by atoms with Crippen LogP contribution in [0.3, 0.4) is 0 Å². The molecule has 0 aliphatic heterocycles. The van der Waals surface area contributed by atoms with Crippen LogP contribution in [0.15, 0.2) is 42.5 Å². The maximum Gasteiger partial charge on any atom is 0.128 e. The van der Waals surface area contributed by atoms with Crippen molar-refractivity contribution in [2.45, 2.75) is 13.0 Å². The Morgan fingerprint density at radius 3 is 2.55 bits per heavy atom. The zero-order chi connectivity index (χ0) is 14.3. The number of fused-ring (bicyclic) bond motifs is 1. The van der Waals surface area contributed by atoms with Crippen LogP contribution in [0.4, 0.5) is 8.78 Å². The molecule has 0 fully saturated rings. The number of rotatable bonds is 2. The summed E-state index contributed by atoms with van der Waals surface area (Å²) < 4.78 is 28.7. The van der Waals surface area contributed by atoms with Gasteiger partial charge in [0, 0.05) is 15.1 Å². The lowest BCUT2D eigenvalue weighted by atomic mass is 10.0. The molecule has 0 amide bonds. The van der Waals surface area contributed by atoms with Gasteiger partial charge in [0.25, 0.3) is 0 Å². The SMILES string of the molecule is Cc1cc(F)c(C(N)c2cc3ccccc3s2)cc1F. The molecule has 3 rings (SSSR count). The lowest BCUT2D eigenvalue weighted by molar-refractivity contribution is 0.571. The fourth-order valence-electron chi connectivity index (χ4n) is 2.21. The van der Waals surface area contributed by atoms with Gasteiger partial charge in [-0.1, -0.05) is 18.2 Å². The van der Waals surface area contributed by atoms with E-state index in [1.54, 1.807) is 0 Å². The molecule has 2 N–H and O–H groups in total. The first-order valence-corrected chi connectivity index (χ1v) is 7.07. The summed E-state index contributed by atoms with van der Waals surface area (Å²) in [7, 11) is 0. The second kappa shape index (κ2) is 4.96. The first-order chi connectivity index (χ1) is 9.56. The van der Waals surface area contributed by atoms with E-state index in [0.29, 0.717) is 0 Å². The highest BCUT2D eigenvalue weighted by molar-refractivity contribution is 7.19. The first kappa shape index (κ1) is 13.2. The quantitative estimate of drug-likeness (QED) is 0.736. The standard InChI is InChI=1S/C16H13F2NS/c1-9-6-13(18)11(8-12(9)17)16(19)15-7-10-4-2-3-5-14(10)20-15/h2-8,16H,19H2,1H3. The Balaban J connectivity index is 2.07. The van der Waals surface area contributed by atoms with E-state index >= 15 is 0 Å². The van der Waals surface area contributed by atoms with Crippen molar-refractivity contribution in [3.63, 3.8) is 0 Å². The minimum absolute atomic E-state index is 0.194. The predicted molar refractivity (Wildman–Crippen MR) is 79.0 cm³/mol. The molecule has 0 radical (unpaired) electrons. The Morgan fingerprint density at radius 2 is 1.80 bits per heavy atom. The fraction of sp³-hybridized carbons (Fsp3) is 0.125. The largest absolute Gasteiger partial charge is 0.320 e. The zero-order valence-corrected chi connectivity index (χ0v) is 11.7. The van der Waals surface area contributed by atoms with Crippen molar-refractivity contribution in [2.24, 2.45) is 5.73 Å². The second-order valence-corrected chi connectivity index (χ2v) is 5.90. The molecule has 0 spiro atoms. The minimum atomic E-state index is -0.650. The average Bonchev–Trinajstić information content (AvgIpc) is 2.86. The van der Waals surface area contributed by atoms with E-state index in [1.165, 1.54) is 30.4 Å². The van der Waals surface area contributed by atoms with Gasteiger partial charge in [-0.3, -0.25) is 0 Å². The molecule has 3 aromatic rings. The molecule has 0 bridgehead atoms. The second-order valence-electron chi connectivity index (χ2n) is 4.79. The summed E-state index contributed by atoms with van der Waals surface area (Å²) in [6.07, 6.45) is 0. The monoisotopic (exact) mass is 289 g/mol. The molecule has 0 saturated carbocycles. The number of hydrogen-bond acceptors (Lipinski definition) is 2. The third kappa shape index (κ3) is 2.21. The van der Waals surface area contributed by atoms with Crippen LogP contribution in [0.25, 0.3) is 10.1 Å². The summed E-state index contributed by atoms with van der Waals surface area (Å²) in [5.74, 6) is -0.896. The van der Waals surface area contributed by atoms with E-state index < -0.39 is 17.7 Å². The Bertz CT molecular complexity index is 746. The third-order valence-corrected chi connectivity index (χ3v) is 4.56. The molecule has 1 heterocycles. The Kier molecular flexibility index (Phi) is 3.28. The van der Waals surface area contributed by atoms with Crippen LogP contribution in [0, 0.1) is 18.6 Å². The van der Waals surface area contributed by atoms with Gasteiger partial charge in [-0.25, -0.2) is 8.78 Å². The van der Waals surface area contributed by atoms with Crippen LogP contribution in [-0.4, -0.2) is 0 Å². The molecule has 102 valence electrons. The van der Waals surface area contributed by atoms with Crippen LogP contribution in [0.1, 0.15) is 22.0 Å². The molecule has 1 aromatic heterocycles. The minimum Gasteiger partial charge on any atom is -0.320 e. The van der Waals surface area contributed by atoms with Crippen LogP contribution < -0.4 is 5.73 Å². The van der Waals surface area contributed by atoms with E-state index in [9.17, 15) is 8.78 Å². The van der Waals surface area contributed by atoms with Gasteiger partial charge in [0.15, 0.2) is 0 Å². The van der Waals surface area contributed by atoms with Gasteiger partial charge in [-0.05, 0) is 42.1 Å². The highest BCUT2D eigenvalue weighted by atomic mass is 32.1. The molecule has 20 heavy (non-hydrogen) atoms. The molecule has 1 unspecified atom stereocenters. The normalized spacial score (nSPS) is 12.8. The number of benzene rings is 2. The van der Waals surface area contributed by atoms with Crippen LogP contribution in [0.2, 0.25) is 0 Å². The summed E-state index contributed by atoms with van der Waals surface area (Å²) in [6.45, 7) is 1.53. The molecule has 0 saturated heterocycles. The van der Waals surface area contributed by atoms with Crippen LogP contribution in [-0.2, 0) is 0 Å². The zero-order valence-electron chi connectivity index (χ0n) is 10.9. The van der Waals surface area contributed by atoms with Gasteiger partial charge in [0.1, 0.15) is 11.6 Å². The summed E-state index contributed by atoms with van der Waals surface area (Å²) in [4.78, 5) is 0.827. The van der Waals surface area contributed by atoms with Crippen LogP contribution in [0.5, 0.6) is 0 Å². The smallest absolute Gasteiger partial charge is 0.128 e. The number of halogens is 2. The summed E-state index contributed by atoms with van der Waals surface area (Å²) in [5, 5.41) is 1.07.